The molecule has 0 aromatic heterocycles. The maximum Gasteiger partial charge on any atom is 0.151 e. The van der Waals surface area contributed by atoms with Crippen molar-refractivity contribution in [1.82, 2.24) is 0 Å². The van der Waals surface area contributed by atoms with E-state index in [0.29, 0.717) is 5.78 Å². The third-order valence-electron chi connectivity index (χ3n) is 8.42. The van der Waals surface area contributed by atoms with Gasteiger partial charge in [0.25, 0.3) is 0 Å². The molecule has 0 aromatic carbocycles. The first-order valence-corrected chi connectivity index (χ1v) is 12.6. The van der Waals surface area contributed by atoms with Crippen LogP contribution in [0.4, 0.5) is 0 Å². The summed E-state index contributed by atoms with van der Waals surface area (Å²) in [5.41, 5.74) is -0.848. The van der Waals surface area contributed by atoms with Gasteiger partial charge in [-0.2, -0.15) is 0 Å². The summed E-state index contributed by atoms with van der Waals surface area (Å²) in [7, 11) is 0. The SMILES string of the molecule is CCCCCC1CCC2(CC1)C(=O)C1(CCC(CCCCC)CC1)C2(Cl)Cl. The highest BCUT2D eigenvalue weighted by Gasteiger charge is 2.78. The van der Waals surface area contributed by atoms with Crippen molar-refractivity contribution in [3.8, 4) is 0 Å². The van der Waals surface area contributed by atoms with Gasteiger partial charge in [0, 0.05) is 0 Å². The Morgan fingerprint density at radius 3 is 1.41 bits per heavy atom. The Balaban J connectivity index is 1.56. The molecule has 3 rings (SSSR count). The quantitative estimate of drug-likeness (QED) is 0.288. The van der Waals surface area contributed by atoms with E-state index >= 15 is 0 Å². The molecule has 0 heterocycles. The third-order valence-corrected chi connectivity index (χ3v) is 9.87. The van der Waals surface area contributed by atoms with Gasteiger partial charge < -0.3 is 0 Å². The van der Waals surface area contributed by atoms with Crippen molar-refractivity contribution in [1.29, 1.82) is 0 Å². The molecule has 0 aromatic rings. The van der Waals surface area contributed by atoms with E-state index in [1.165, 1.54) is 51.4 Å². The first-order chi connectivity index (χ1) is 12.9. The molecule has 3 heteroatoms. The first kappa shape index (κ1) is 21.9. The summed E-state index contributed by atoms with van der Waals surface area (Å²) in [6.07, 6.45) is 18.8. The van der Waals surface area contributed by atoms with Crippen LogP contribution < -0.4 is 0 Å². The average molecular weight is 415 g/mol. The van der Waals surface area contributed by atoms with E-state index in [4.69, 9.17) is 23.2 Å². The minimum Gasteiger partial charge on any atom is -0.298 e. The predicted molar refractivity (Wildman–Crippen MR) is 117 cm³/mol. The van der Waals surface area contributed by atoms with Gasteiger partial charge in [0.1, 0.15) is 4.33 Å². The highest BCUT2D eigenvalue weighted by Crippen LogP contribution is 2.74. The number of unbranched alkanes of at least 4 members (excludes halogenated alkanes) is 4. The molecule has 0 amide bonds. The Bertz CT molecular complexity index is 455. The van der Waals surface area contributed by atoms with Gasteiger partial charge in [-0.15, -0.1) is 0 Å². The lowest BCUT2D eigenvalue weighted by Gasteiger charge is -2.67. The molecule has 3 fully saturated rings. The van der Waals surface area contributed by atoms with Gasteiger partial charge in [0.2, 0.25) is 0 Å². The highest BCUT2D eigenvalue weighted by molar-refractivity contribution is 6.55. The number of ketones is 1. The lowest BCUT2D eigenvalue weighted by Crippen LogP contribution is -2.74. The minimum absolute atomic E-state index is 0.424. The smallest absolute Gasteiger partial charge is 0.151 e. The molecule has 0 aliphatic heterocycles. The fourth-order valence-corrected chi connectivity index (χ4v) is 7.60. The highest BCUT2D eigenvalue weighted by atomic mass is 35.5. The van der Waals surface area contributed by atoms with Gasteiger partial charge >= 0.3 is 0 Å². The molecule has 156 valence electrons. The van der Waals surface area contributed by atoms with Crippen molar-refractivity contribution in [2.75, 3.05) is 0 Å². The maximum atomic E-state index is 13.5. The van der Waals surface area contributed by atoms with Crippen molar-refractivity contribution in [2.45, 2.75) is 121 Å². The molecule has 0 unspecified atom stereocenters. The fourth-order valence-electron chi connectivity index (χ4n) is 6.50. The van der Waals surface area contributed by atoms with E-state index in [1.54, 1.807) is 0 Å². The second kappa shape index (κ2) is 8.95. The van der Waals surface area contributed by atoms with Crippen LogP contribution in [0.5, 0.6) is 0 Å². The van der Waals surface area contributed by atoms with Crippen molar-refractivity contribution < 1.29 is 4.79 Å². The van der Waals surface area contributed by atoms with Gasteiger partial charge in [-0.25, -0.2) is 0 Å². The Labute approximate surface area is 177 Å². The van der Waals surface area contributed by atoms with E-state index in [-0.39, 0.29) is 0 Å². The molecular formula is C24H40Cl2O. The van der Waals surface area contributed by atoms with Gasteiger partial charge in [-0.3, -0.25) is 4.79 Å². The maximum absolute atomic E-state index is 13.5. The van der Waals surface area contributed by atoms with Gasteiger partial charge in [0.05, 0.1) is 10.8 Å². The number of rotatable bonds is 8. The lowest BCUT2D eigenvalue weighted by atomic mass is 9.42. The lowest BCUT2D eigenvalue weighted by molar-refractivity contribution is -0.172. The van der Waals surface area contributed by atoms with Crippen LogP contribution in [0.2, 0.25) is 0 Å². The number of carbonyl (C=O) groups excluding carboxylic acids is 1. The number of carbonyl (C=O) groups is 1. The van der Waals surface area contributed by atoms with Crippen LogP contribution in [-0.2, 0) is 4.79 Å². The van der Waals surface area contributed by atoms with E-state index in [2.05, 4.69) is 13.8 Å². The van der Waals surface area contributed by atoms with Gasteiger partial charge in [0.15, 0.2) is 5.78 Å². The van der Waals surface area contributed by atoms with Crippen molar-refractivity contribution in [2.24, 2.45) is 22.7 Å². The molecule has 3 aliphatic rings. The molecule has 0 saturated heterocycles. The monoisotopic (exact) mass is 414 g/mol. The second-order valence-corrected chi connectivity index (χ2v) is 11.3. The standard InChI is InChI=1S/C24H40Cl2O/c1-3-5-7-9-19-11-15-22(16-12-19)21(27)23(24(22,25)26)17-13-20(14-18-23)10-8-6-4-2/h19-20H,3-18H2,1-2H3. The van der Waals surface area contributed by atoms with Crippen LogP contribution in [0.15, 0.2) is 0 Å². The fraction of sp³-hybridized carbons (Fsp3) is 0.958. The van der Waals surface area contributed by atoms with Crippen LogP contribution in [-0.4, -0.2) is 10.1 Å². The molecule has 0 radical (unpaired) electrons. The van der Waals surface area contributed by atoms with Crippen LogP contribution in [0.3, 0.4) is 0 Å². The molecule has 0 bridgehead atoms. The van der Waals surface area contributed by atoms with Gasteiger partial charge in [-0.1, -0.05) is 88.4 Å². The summed E-state index contributed by atoms with van der Waals surface area (Å²) in [6, 6.07) is 0. The average Bonchev–Trinajstić information content (AvgIpc) is 2.68. The zero-order chi connectivity index (χ0) is 19.5. The Hall–Kier alpha value is 0.250. The van der Waals surface area contributed by atoms with Crippen molar-refractivity contribution in [3.63, 3.8) is 0 Å². The molecule has 27 heavy (non-hydrogen) atoms. The summed E-state index contributed by atoms with van der Waals surface area (Å²) in [5.74, 6) is 2.01. The van der Waals surface area contributed by atoms with Crippen molar-refractivity contribution in [3.05, 3.63) is 0 Å². The number of Topliss-reactive ketones (excluding diaryl/α,β-unsaturated/α-hetero) is 1. The number of hydrogen-bond acceptors (Lipinski definition) is 1. The Morgan fingerprint density at radius 1 is 0.741 bits per heavy atom. The van der Waals surface area contributed by atoms with Crippen molar-refractivity contribution >= 4 is 29.0 Å². The molecular weight excluding hydrogens is 375 g/mol. The normalized spacial score (nSPS) is 38.3. The minimum atomic E-state index is -0.820. The molecule has 0 N–H and O–H groups in total. The second-order valence-electron chi connectivity index (χ2n) is 9.95. The largest absolute Gasteiger partial charge is 0.298 e. The van der Waals surface area contributed by atoms with Crippen LogP contribution in [0.25, 0.3) is 0 Å². The number of halogens is 2. The Morgan fingerprint density at radius 2 is 1.11 bits per heavy atom. The molecule has 2 spiro atoms. The summed E-state index contributed by atoms with van der Waals surface area (Å²) in [6.45, 7) is 4.52. The van der Waals surface area contributed by atoms with E-state index in [1.807, 2.05) is 0 Å². The molecule has 1 nitrogen and oxygen atoms in total. The third kappa shape index (κ3) is 3.74. The van der Waals surface area contributed by atoms with Crippen LogP contribution in [0, 0.1) is 22.7 Å². The number of hydrogen-bond donors (Lipinski definition) is 0. The van der Waals surface area contributed by atoms with E-state index in [9.17, 15) is 4.79 Å². The van der Waals surface area contributed by atoms with Crippen LogP contribution >= 0.6 is 23.2 Å². The predicted octanol–water partition coefficient (Wildman–Crippen LogP) is 8.26. The summed E-state index contributed by atoms with van der Waals surface area (Å²) in [4.78, 5) is 13.5. The summed E-state index contributed by atoms with van der Waals surface area (Å²) < 4.78 is -0.820. The summed E-state index contributed by atoms with van der Waals surface area (Å²) >= 11 is 14.1. The van der Waals surface area contributed by atoms with Crippen LogP contribution in [0.1, 0.15) is 117 Å². The van der Waals surface area contributed by atoms with E-state index < -0.39 is 15.2 Å². The zero-order valence-corrected chi connectivity index (χ0v) is 19.1. The molecule has 0 atom stereocenters. The Kier molecular flexibility index (Phi) is 7.27. The topological polar surface area (TPSA) is 17.1 Å². The zero-order valence-electron chi connectivity index (χ0n) is 17.6. The van der Waals surface area contributed by atoms with Gasteiger partial charge in [-0.05, 0) is 63.2 Å². The van der Waals surface area contributed by atoms with E-state index in [0.717, 1.165) is 63.2 Å². The number of alkyl halides is 2. The molecule has 3 saturated carbocycles. The summed E-state index contributed by atoms with van der Waals surface area (Å²) in [5, 5.41) is 0. The molecule has 3 aliphatic carbocycles. The first-order valence-electron chi connectivity index (χ1n) is 11.9.